The zero-order valence-electron chi connectivity index (χ0n) is 13.0. The Hall–Kier alpha value is -2.20. The average Bonchev–Trinajstić information content (AvgIpc) is 2.99. The van der Waals surface area contributed by atoms with Gasteiger partial charge in [-0.15, -0.1) is 0 Å². The zero-order valence-corrected chi connectivity index (χ0v) is 13.0. The lowest BCUT2D eigenvalue weighted by molar-refractivity contribution is 0.197. The van der Waals surface area contributed by atoms with E-state index >= 15 is 0 Å². The minimum atomic E-state index is -0.159. The van der Waals surface area contributed by atoms with E-state index in [2.05, 4.69) is 16.0 Å². The van der Waals surface area contributed by atoms with E-state index in [0.29, 0.717) is 5.92 Å². The van der Waals surface area contributed by atoms with E-state index in [-0.39, 0.29) is 5.82 Å². The number of imidazole rings is 1. The third kappa shape index (κ3) is 3.13. The van der Waals surface area contributed by atoms with Crippen molar-refractivity contribution in [3.05, 3.63) is 65.7 Å². The van der Waals surface area contributed by atoms with Crippen molar-refractivity contribution in [3.63, 3.8) is 0 Å². The lowest BCUT2D eigenvalue weighted by Gasteiger charge is -2.31. The predicted octanol–water partition coefficient (Wildman–Crippen LogP) is 4.08. The maximum absolute atomic E-state index is 13.3. The van der Waals surface area contributed by atoms with Crippen molar-refractivity contribution < 1.29 is 4.39 Å². The smallest absolute Gasteiger partial charge is 0.123 e. The van der Waals surface area contributed by atoms with Crippen molar-refractivity contribution in [2.24, 2.45) is 0 Å². The quantitative estimate of drug-likeness (QED) is 0.790. The fraction of sp³-hybridized carbons (Fsp3) is 0.316. The number of hydrogen-bond acceptors (Lipinski definition) is 2. The summed E-state index contributed by atoms with van der Waals surface area (Å²) in [4.78, 5) is 10.6. The number of H-pyrrole nitrogens is 1. The molecule has 0 spiro atoms. The van der Waals surface area contributed by atoms with Gasteiger partial charge in [0.05, 0.1) is 11.0 Å². The van der Waals surface area contributed by atoms with Crippen LogP contribution in [0.1, 0.15) is 30.1 Å². The monoisotopic (exact) mass is 309 g/mol. The van der Waals surface area contributed by atoms with Crippen molar-refractivity contribution >= 4 is 11.0 Å². The van der Waals surface area contributed by atoms with E-state index in [9.17, 15) is 4.39 Å². The van der Waals surface area contributed by atoms with Gasteiger partial charge in [-0.1, -0.05) is 24.3 Å². The molecule has 118 valence electrons. The molecule has 4 rings (SSSR count). The zero-order chi connectivity index (χ0) is 15.6. The number of nitrogens with one attached hydrogen (secondary N) is 1. The second-order valence-electron chi connectivity index (χ2n) is 6.34. The van der Waals surface area contributed by atoms with Gasteiger partial charge >= 0.3 is 0 Å². The fourth-order valence-electron chi connectivity index (χ4n) is 3.48. The van der Waals surface area contributed by atoms with E-state index in [1.54, 1.807) is 12.1 Å². The van der Waals surface area contributed by atoms with Gasteiger partial charge in [0.1, 0.15) is 11.6 Å². The summed E-state index contributed by atoms with van der Waals surface area (Å²) >= 11 is 0. The Morgan fingerprint density at radius 3 is 2.96 bits per heavy atom. The Morgan fingerprint density at radius 1 is 1.17 bits per heavy atom. The first-order valence-corrected chi connectivity index (χ1v) is 8.19. The Bertz CT molecular complexity index is 778. The molecule has 2 aromatic carbocycles. The fourth-order valence-corrected chi connectivity index (χ4v) is 3.48. The first-order chi connectivity index (χ1) is 11.3. The molecule has 1 aromatic heterocycles. The molecular formula is C19H20FN3. The maximum atomic E-state index is 13.3. The third-order valence-electron chi connectivity index (χ3n) is 4.60. The van der Waals surface area contributed by atoms with Crippen molar-refractivity contribution in [2.45, 2.75) is 25.3 Å². The molecule has 0 amide bonds. The number of nitrogens with zero attached hydrogens (tertiary/aromatic N) is 2. The first kappa shape index (κ1) is 14.4. The summed E-state index contributed by atoms with van der Waals surface area (Å²) in [6.45, 7) is 2.83. The minimum absolute atomic E-state index is 0.159. The molecule has 0 bridgehead atoms. The van der Waals surface area contributed by atoms with Crippen LogP contribution in [-0.2, 0) is 6.54 Å². The highest BCUT2D eigenvalue weighted by atomic mass is 19.1. The van der Waals surface area contributed by atoms with Gasteiger partial charge < -0.3 is 4.98 Å². The molecule has 3 nitrogen and oxygen atoms in total. The predicted molar refractivity (Wildman–Crippen MR) is 89.7 cm³/mol. The average molecular weight is 309 g/mol. The highest BCUT2D eigenvalue weighted by Crippen LogP contribution is 2.27. The number of aromatic nitrogens is 2. The molecule has 1 N–H and O–H groups in total. The molecule has 2 heterocycles. The van der Waals surface area contributed by atoms with Crippen LogP contribution < -0.4 is 0 Å². The van der Waals surface area contributed by atoms with Crippen molar-refractivity contribution in [2.75, 3.05) is 13.1 Å². The summed E-state index contributed by atoms with van der Waals surface area (Å²) in [6, 6.07) is 15.1. The standard InChI is InChI=1S/C19H20FN3/c20-16-7-3-5-14(11-16)12-23-10-4-6-15(13-23)19-21-17-8-1-2-9-18(17)22-19/h1-3,5,7-9,11,15H,4,6,10,12-13H2,(H,21,22). The van der Waals surface area contributed by atoms with E-state index in [4.69, 9.17) is 4.98 Å². The number of para-hydroxylation sites is 2. The molecule has 1 unspecified atom stereocenters. The summed E-state index contributed by atoms with van der Waals surface area (Å²) < 4.78 is 13.3. The van der Waals surface area contributed by atoms with Gasteiger partial charge in [0.2, 0.25) is 0 Å². The maximum Gasteiger partial charge on any atom is 0.123 e. The van der Waals surface area contributed by atoms with Crippen LogP contribution in [0.15, 0.2) is 48.5 Å². The van der Waals surface area contributed by atoms with E-state index < -0.39 is 0 Å². The Morgan fingerprint density at radius 2 is 2.09 bits per heavy atom. The van der Waals surface area contributed by atoms with Gasteiger partial charge in [0.25, 0.3) is 0 Å². The van der Waals surface area contributed by atoms with Gasteiger partial charge in [-0.3, -0.25) is 4.90 Å². The number of hydrogen-bond donors (Lipinski definition) is 1. The Balaban J connectivity index is 1.50. The summed E-state index contributed by atoms with van der Waals surface area (Å²) in [5.41, 5.74) is 3.17. The van der Waals surface area contributed by atoms with Crippen LogP contribution in [0.2, 0.25) is 0 Å². The normalized spacial score (nSPS) is 19.3. The number of likely N-dealkylation sites (tertiary alicyclic amines) is 1. The Labute approximate surface area is 135 Å². The van der Waals surface area contributed by atoms with Gasteiger partial charge in [-0.25, -0.2) is 9.37 Å². The van der Waals surface area contributed by atoms with Gasteiger partial charge in [-0.2, -0.15) is 0 Å². The molecule has 0 aliphatic carbocycles. The molecule has 1 fully saturated rings. The summed E-state index contributed by atoms with van der Waals surface area (Å²) in [5.74, 6) is 1.34. The molecule has 1 aliphatic rings. The van der Waals surface area contributed by atoms with Crippen molar-refractivity contribution in [1.29, 1.82) is 0 Å². The lowest BCUT2D eigenvalue weighted by atomic mass is 9.97. The molecule has 23 heavy (non-hydrogen) atoms. The van der Waals surface area contributed by atoms with Crippen molar-refractivity contribution in [1.82, 2.24) is 14.9 Å². The van der Waals surface area contributed by atoms with Gasteiger partial charge in [0, 0.05) is 19.0 Å². The van der Waals surface area contributed by atoms with Gasteiger partial charge in [0.15, 0.2) is 0 Å². The second-order valence-corrected chi connectivity index (χ2v) is 6.34. The number of rotatable bonds is 3. The van der Waals surface area contributed by atoms with E-state index in [0.717, 1.165) is 54.9 Å². The topological polar surface area (TPSA) is 31.9 Å². The van der Waals surface area contributed by atoms with E-state index in [1.165, 1.54) is 6.07 Å². The number of piperidine rings is 1. The van der Waals surface area contributed by atoms with Crippen LogP contribution in [0.5, 0.6) is 0 Å². The third-order valence-corrected chi connectivity index (χ3v) is 4.60. The molecular weight excluding hydrogens is 289 g/mol. The Kier molecular flexibility index (Phi) is 3.83. The highest BCUT2D eigenvalue weighted by molar-refractivity contribution is 5.74. The molecule has 0 radical (unpaired) electrons. The summed E-state index contributed by atoms with van der Waals surface area (Å²) in [5, 5.41) is 0. The molecule has 3 aromatic rings. The first-order valence-electron chi connectivity index (χ1n) is 8.19. The summed E-state index contributed by atoms with van der Waals surface area (Å²) in [7, 11) is 0. The number of halogens is 1. The van der Waals surface area contributed by atoms with Gasteiger partial charge in [-0.05, 0) is 49.2 Å². The minimum Gasteiger partial charge on any atom is -0.342 e. The molecule has 4 heteroatoms. The van der Waals surface area contributed by atoms with Crippen molar-refractivity contribution in [3.8, 4) is 0 Å². The van der Waals surface area contributed by atoms with Crippen LogP contribution in [-0.4, -0.2) is 28.0 Å². The number of fused-ring (bicyclic) bond motifs is 1. The molecule has 1 saturated heterocycles. The van der Waals surface area contributed by atoms with Crippen LogP contribution in [0.4, 0.5) is 4.39 Å². The van der Waals surface area contributed by atoms with Crippen LogP contribution >= 0.6 is 0 Å². The van der Waals surface area contributed by atoms with Crippen LogP contribution in [0.3, 0.4) is 0 Å². The number of benzene rings is 2. The molecule has 1 atom stereocenters. The number of aromatic amines is 1. The highest BCUT2D eigenvalue weighted by Gasteiger charge is 2.23. The summed E-state index contributed by atoms with van der Waals surface area (Å²) in [6.07, 6.45) is 2.30. The van der Waals surface area contributed by atoms with E-state index in [1.807, 2.05) is 24.3 Å². The second kappa shape index (κ2) is 6.13. The largest absolute Gasteiger partial charge is 0.342 e. The SMILES string of the molecule is Fc1cccc(CN2CCCC(c3nc4ccccc4[nH]3)C2)c1. The molecule has 1 aliphatic heterocycles. The van der Waals surface area contributed by atoms with Crippen LogP contribution in [0.25, 0.3) is 11.0 Å². The van der Waals surface area contributed by atoms with Crippen LogP contribution in [0, 0.1) is 5.82 Å². The molecule has 0 saturated carbocycles. The lowest BCUT2D eigenvalue weighted by Crippen LogP contribution is -2.34.